The Kier molecular flexibility index (Phi) is 5.72. The molecule has 1 aliphatic rings. The SMILES string of the molecule is Cc1cc(-c2ccccc2)nc(SCC(=O)NC2CCCc3ccccc32)n1. The number of nitrogens with zero attached hydrogens (tertiary/aromatic N) is 2. The highest BCUT2D eigenvalue weighted by Crippen LogP contribution is 2.29. The van der Waals surface area contributed by atoms with Gasteiger partial charge in [-0.25, -0.2) is 9.97 Å². The Morgan fingerprint density at radius 1 is 1.11 bits per heavy atom. The number of benzene rings is 2. The molecule has 1 unspecified atom stereocenters. The van der Waals surface area contributed by atoms with Crippen LogP contribution in [0.25, 0.3) is 11.3 Å². The first-order chi connectivity index (χ1) is 13.7. The summed E-state index contributed by atoms with van der Waals surface area (Å²) < 4.78 is 0. The largest absolute Gasteiger partial charge is 0.349 e. The van der Waals surface area contributed by atoms with Crippen LogP contribution in [0.4, 0.5) is 0 Å². The van der Waals surface area contributed by atoms with E-state index in [2.05, 4.69) is 33.5 Å². The zero-order valence-electron chi connectivity index (χ0n) is 15.9. The van der Waals surface area contributed by atoms with Gasteiger partial charge in [-0.2, -0.15) is 0 Å². The van der Waals surface area contributed by atoms with Gasteiger partial charge in [0.05, 0.1) is 17.5 Å². The molecule has 142 valence electrons. The minimum absolute atomic E-state index is 0.0260. The second-order valence-corrected chi connectivity index (χ2v) is 7.99. The van der Waals surface area contributed by atoms with Crippen LogP contribution in [0.1, 0.15) is 35.7 Å². The third-order valence-corrected chi connectivity index (χ3v) is 5.79. The maximum atomic E-state index is 12.5. The highest BCUT2D eigenvalue weighted by Gasteiger charge is 2.21. The van der Waals surface area contributed by atoms with Gasteiger partial charge in [-0.05, 0) is 43.4 Å². The predicted octanol–water partition coefficient (Wildman–Crippen LogP) is 4.74. The van der Waals surface area contributed by atoms with Gasteiger partial charge in [0, 0.05) is 11.3 Å². The van der Waals surface area contributed by atoms with Crippen LogP contribution in [0.3, 0.4) is 0 Å². The molecule has 0 spiro atoms. The smallest absolute Gasteiger partial charge is 0.230 e. The van der Waals surface area contributed by atoms with Crippen molar-refractivity contribution in [2.24, 2.45) is 0 Å². The monoisotopic (exact) mass is 389 g/mol. The van der Waals surface area contributed by atoms with Crippen LogP contribution in [-0.4, -0.2) is 21.6 Å². The number of carbonyl (C=O) groups is 1. The number of nitrogens with one attached hydrogen (secondary N) is 1. The Balaban J connectivity index is 1.41. The lowest BCUT2D eigenvalue weighted by atomic mass is 9.88. The minimum Gasteiger partial charge on any atom is -0.349 e. The summed E-state index contributed by atoms with van der Waals surface area (Å²) in [6.07, 6.45) is 3.19. The second-order valence-electron chi connectivity index (χ2n) is 7.04. The van der Waals surface area contributed by atoms with E-state index in [1.54, 1.807) is 0 Å². The summed E-state index contributed by atoms with van der Waals surface area (Å²) in [5.41, 5.74) is 5.44. The van der Waals surface area contributed by atoms with E-state index in [9.17, 15) is 4.79 Å². The fourth-order valence-corrected chi connectivity index (χ4v) is 4.35. The fourth-order valence-electron chi connectivity index (χ4n) is 3.63. The van der Waals surface area contributed by atoms with Gasteiger partial charge in [-0.1, -0.05) is 66.4 Å². The lowest BCUT2D eigenvalue weighted by Crippen LogP contribution is -2.32. The summed E-state index contributed by atoms with van der Waals surface area (Å²) in [4.78, 5) is 21.7. The highest BCUT2D eigenvalue weighted by atomic mass is 32.2. The third kappa shape index (κ3) is 4.42. The van der Waals surface area contributed by atoms with Gasteiger partial charge in [-0.3, -0.25) is 4.79 Å². The maximum Gasteiger partial charge on any atom is 0.230 e. The molecule has 1 N–H and O–H groups in total. The maximum absolute atomic E-state index is 12.5. The van der Waals surface area contributed by atoms with Crippen LogP contribution in [0.2, 0.25) is 0 Å². The van der Waals surface area contributed by atoms with Gasteiger partial charge in [0.2, 0.25) is 5.91 Å². The molecule has 1 amide bonds. The zero-order chi connectivity index (χ0) is 19.3. The molecule has 1 aliphatic carbocycles. The van der Waals surface area contributed by atoms with Gasteiger partial charge in [0.15, 0.2) is 5.16 Å². The van der Waals surface area contributed by atoms with E-state index >= 15 is 0 Å². The molecule has 1 atom stereocenters. The van der Waals surface area contributed by atoms with E-state index in [1.807, 2.05) is 49.4 Å². The first kappa shape index (κ1) is 18.7. The standard InChI is InChI=1S/C23H23N3OS/c1-16-14-21(18-9-3-2-4-10-18)26-23(24-16)28-15-22(27)25-20-13-7-11-17-8-5-6-12-19(17)20/h2-6,8-10,12,14,20H,7,11,13,15H2,1H3,(H,25,27). The van der Waals surface area contributed by atoms with Crippen LogP contribution >= 0.6 is 11.8 Å². The number of hydrogen-bond acceptors (Lipinski definition) is 4. The van der Waals surface area contributed by atoms with Crippen LogP contribution in [-0.2, 0) is 11.2 Å². The lowest BCUT2D eigenvalue weighted by molar-refractivity contribution is -0.119. The molecule has 3 aromatic rings. The first-order valence-electron chi connectivity index (χ1n) is 9.60. The molecule has 28 heavy (non-hydrogen) atoms. The number of aryl methyl sites for hydroxylation is 2. The average Bonchev–Trinajstić information content (AvgIpc) is 2.73. The van der Waals surface area contributed by atoms with Crippen molar-refractivity contribution in [2.45, 2.75) is 37.4 Å². The second kappa shape index (κ2) is 8.57. The molecule has 1 aromatic heterocycles. The van der Waals surface area contributed by atoms with E-state index in [-0.39, 0.29) is 11.9 Å². The minimum atomic E-state index is 0.0260. The van der Waals surface area contributed by atoms with Crippen molar-refractivity contribution in [3.63, 3.8) is 0 Å². The molecule has 0 saturated heterocycles. The summed E-state index contributed by atoms with van der Waals surface area (Å²) in [5.74, 6) is 0.342. The van der Waals surface area contributed by atoms with E-state index < -0.39 is 0 Å². The van der Waals surface area contributed by atoms with Gasteiger partial charge in [0.1, 0.15) is 0 Å². The Morgan fingerprint density at radius 2 is 1.89 bits per heavy atom. The molecule has 2 aromatic carbocycles. The number of amides is 1. The molecule has 0 aliphatic heterocycles. The Morgan fingerprint density at radius 3 is 2.75 bits per heavy atom. The van der Waals surface area contributed by atoms with Crippen molar-refractivity contribution in [3.8, 4) is 11.3 Å². The summed E-state index contributed by atoms with van der Waals surface area (Å²) in [6.45, 7) is 1.96. The topological polar surface area (TPSA) is 54.9 Å². The zero-order valence-corrected chi connectivity index (χ0v) is 16.7. The molecule has 1 heterocycles. The number of rotatable bonds is 5. The van der Waals surface area contributed by atoms with Crippen molar-refractivity contribution in [2.75, 3.05) is 5.75 Å². The molecule has 0 fully saturated rings. The van der Waals surface area contributed by atoms with E-state index in [4.69, 9.17) is 0 Å². The molecular formula is C23H23N3OS. The summed E-state index contributed by atoms with van der Waals surface area (Å²) in [5, 5.41) is 3.83. The molecule has 4 nitrogen and oxygen atoms in total. The molecule has 4 rings (SSSR count). The van der Waals surface area contributed by atoms with Crippen molar-refractivity contribution < 1.29 is 4.79 Å². The number of carbonyl (C=O) groups excluding carboxylic acids is 1. The van der Waals surface area contributed by atoms with Crippen LogP contribution in [0.5, 0.6) is 0 Å². The van der Waals surface area contributed by atoms with E-state index in [0.717, 1.165) is 36.2 Å². The van der Waals surface area contributed by atoms with Crippen LogP contribution < -0.4 is 5.32 Å². The van der Waals surface area contributed by atoms with Crippen LogP contribution in [0.15, 0.2) is 65.8 Å². The van der Waals surface area contributed by atoms with Crippen molar-refractivity contribution in [3.05, 3.63) is 77.5 Å². The quantitative estimate of drug-likeness (QED) is 0.506. The van der Waals surface area contributed by atoms with Gasteiger partial charge < -0.3 is 5.32 Å². The summed E-state index contributed by atoms with van der Waals surface area (Å²) in [7, 11) is 0. The number of thioether (sulfide) groups is 1. The molecule has 0 bridgehead atoms. The van der Waals surface area contributed by atoms with Crippen molar-refractivity contribution >= 4 is 17.7 Å². The Bertz CT molecular complexity index is 975. The normalized spacial score (nSPS) is 15.7. The van der Waals surface area contributed by atoms with Gasteiger partial charge in [-0.15, -0.1) is 0 Å². The molecule has 0 saturated carbocycles. The van der Waals surface area contributed by atoms with Gasteiger partial charge >= 0.3 is 0 Å². The first-order valence-corrected chi connectivity index (χ1v) is 10.6. The van der Waals surface area contributed by atoms with Gasteiger partial charge in [0.25, 0.3) is 0 Å². The molecule has 5 heteroatoms. The number of fused-ring (bicyclic) bond motifs is 1. The highest BCUT2D eigenvalue weighted by molar-refractivity contribution is 7.99. The predicted molar refractivity (Wildman–Crippen MR) is 113 cm³/mol. The fraction of sp³-hybridized carbons (Fsp3) is 0.261. The molecular weight excluding hydrogens is 366 g/mol. The van der Waals surface area contributed by atoms with E-state index in [1.165, 1.54) is 22.9 Å². The van der Waals surface area contributed by atoms with Crippen LogP contribution in [0, 0.1) is 6.92 Å². The third-order valence-electron chi connectivity index (χ3n) is 4.94. The van der Waals surface area contributed by atoms with E-state index in [0.29, 0.717) is 10.9 Å². The number of aromatic nitrogens is 2. The van der Waals surface area contributed by atoms with Crippen molar-refractivity contribution in [1.82, 2.24) is 15.3 Å². The Labute approximate surface area is 169 Å². The average molecular weight is 390 g/mol. The van der Waals surface area contributed by atoms with Crippen molar-refractivity contribution in [1.29, 1.82) is 0 Å². The summed E-state index contributed by atoms with van der Waals surface area (Å²) >= 11 is 1.39. The number of hydrogen-bond donors (Lipinski definition) is 1. The Hall–Kier alpha value is -2.66. The molecule has 0 radical (unpaired) electrons. The summed E-state index contributed by atoms with van der Waals surface area (Å²) in [6, 6.07) is 20.5. The lowest BCUT2D eigenvalue weighted by Gasteiger charge is -2.26.